The zero-order valence-corrected chi connectivity index (χ0v) is 19.0. The molecule has 4 rings (SSSR count). The van der Waals surface area contributed by atoms with E-state index in [4.69, 9.17) is 28.6 Å². The SMILES string of the molecule is O=C(NC1CC1)c1cc(Oc2ccc(NC(=S)Nc3ccc(Cl)c(C(F)(F)F)c3)cc2)ccn1. The molecule has 0 unspecified atom stereocenters. The van der Waals surface area contributed by atoms with Crippen LogP contribution in [0.3, 0.4) is 0 Å². The summed E-state index contributed by atoms with van der Waals surface area (Å²) in [4.78, 5) is 16.2. The molecule has 0 bridgehead atoms. The van der Waals surface area contributed by atoms with Crippen LogP contribution in [0.1, 0.15) is 28.9 Å². The van der Waals surface area contributed by atoms with Crippen LogP contribution in [-0.4, -0.2) is 22.0 Å². The van der Waals surface area contributed by atoms with Gasteiger partial charge in [0.05, 0.1) is 10.6 Å². The quantitative estimate of drug-likeness (QED) is 0.343. The summed E-state index contributed by atoms with van der Waals surface area (Å²) in [6.07, 6.45) is -1.11. The van der Waals surface area contributed by atoms with E-state index >= 15 is 0 Å². The van der Waals surface area contributed by atoms with Crippen LogP contribution >= 0.6 is 23.8 Å². The summed E-state index contributed by atoms with van der Waals surface area (Å²) in [6.45, 7) is 0. The zero-order chi connectivity index (χ0) is 24.3. The molecule has 176 valence electrons. The van der Waals surface area contributed by atoms with Crippen molar-refractivity contribution in [2.24, 2.45) is 0 Å². The molecule has 3 aromatic rings. The van der Waals surface area contributed by atoms with Gasteiger partial charge in [-0.3, -0.25) is 9.78 Å². The topological polar surface area (TPSA) is 75.3 Å². The van der Waals surface area contributed by atoms with Crippen molar-refractivity contribution < 1.29 is 22.7 Å². The first kappa shape index (κ1) is 23.8. The Hall–Kier alpha value is -3.37. The summed E-state index contributed by atoms with van der Waals surface area (Å²) in [5.74, 6) is 0.727. The molecule has 0 aliphatic heterocycles. The molecule has 1 aromatic heterocycles. The van der Waals surface area contributed by atoms with Crippen molar-refractivity contribution in [1.82, 2.24) is 10.3 Å². The van der Waals surface area contributed by atoms with Crippen molar-refractivity contribution in [3.8, 4) is 11.5 Å². The van der Waals surface area contributed by atoms with Crippen LogP contribution in [0.15, 0.2) is 60.8 Å². The number of benzene rings is 2. The average Bonchev–Trinajstić information content (AvgIpc) is 3.60. The Labute approximate surface area is 203 Å². The molecule has 0 spiro atoms. The highest BCUT2D eigenvalue weighted by molar-refractivity contribution is 7.80. The Morgan fingerprint density at radius 1 is 1.00 bits per heavy atom. The minimum Gasteiger partial charge on any atom is -0.457 e. The van der Waals surface area contributed by atoms with Crippen molar-refractivity contribution in [2.45, 2.75) is 25.1 Å². The van der Waals surface area contributed by atoms with Gasteiger partial charge in [-0.1, -0.05) is 11.6 Å². The minimum absolute atomic E-state index is 0.101. The van der Waals surface area contributed by atoms with Gasteiger partial charge in [-0.15, -0.1) is 0 Å². The number of nitrogens with zero attached hydrogens (tertiary/aromatic N) is 1. The van der Waals surface area contributed by atoms with Crippen LogP contribution < -0.4 is 20.7 Å². The lowest BCUT2D eigenvalue weighted by Crippen LogP contribution is -2.26. The monoisotopic (exact) mass is 506 g/mol. The van der Waals surface area contributed by atoms with Gasteiger partial charge in [-0.25, -0.2) is 0 Å². The summed E-state index contributed by atoms with van der Waals surface area (Å²) in [5, 5.41) is 8.18. The number of anilines is 2. The zero-order valence-electron chi connectivity index (χ0n) is 17.4. The van der Waals surface area contributed by atoms with E-state index in [1.54, 1.807) is 36.4 Å². The largest absolute Gasteiger partial charge is 0.457 e. The second kappa shape index (κ2) is 9.86. The highest BCUT2D eigenvalue weighted by Crippen LogP contribution is 2.36. The summed E-state index contributed by atoms with van der Waals surface area (Å²) in [6, 6.07) is 13.6. The molecule has 0 radical (unpaired) electrons. The molecule has 1 saturated carbocycles. The molecule has 11 heteroatoms. The van der Waals surface area contributed by atoms with E-state index in [-0.39, 0.29) is 28.4 Å². The molecule has 34 heavy (non-hydrogen) atoms. The van der Waals surface area contributed by atoms with E-state index < -0.39 is 16.8 Å². The summed E-state index contributed by atoms with van der Waals surface area (Å²) in [5.41, 5.74) is 0.0604. The lowest BCUT2D eigenvalue weighted by atomic mass is 10.2. The first-order valence-corrected chi connectivity index (χ1v) is 11.0. The molecule has 0 saturated heterocycles. The average molecular weight is 507 g/mol. The van der Waals surface area contributed by atoms with Gasteiger partial charge in [-0.2, -0.15) is 13.2 Å². The van der Waals surface area contributed by atoms with Gasteiger partial charge in [0.25, 0.3) is 5.91 Å². The number of aromatic nitrogens is 1. The van der Waals surface area contributed by atoms with Gasteiger partial charge >= 0.3 is 6.18 Å². The first-order chi connectivity index (χ1) is 16.2. The molecular formula is C23H18ClF3N4O2S. The molecule has 1 heterocycles. The van der Waals surface area contributed by atoms with Gasteiger partial charge < -0.3 is 20.7 Å². The Bertz CT molecular complexity index is 1220. The van der Waals surface area contributed by atoms with E-state index in [0.29, 0.717) is 17.2 Å². The van der Waals surface area contributed by atoms with Crippen LogP contribution in [0.2, 0.25) is 5.02 Å². The van der Waals surface area contributed by atoms with Crippen molar-refractivity contribution >= 4 is 46.2 Å². The smallest absolute Gasteiger partial charge is 0.417 e. The van der Waals surface area contributed by atoms with E-state index in [1.165, 1.54) is 12.3 Å². The maximum Gasteiger partial charge on any atom is 0.417 e. The fourth-order valence-electron chi connectivity index (χ4n) is 2.94. The lowest BCUT2D eigenvalue weighted by Gasteiger charge is -2.14. The predicted octanol–water partition coefficient (Wildman–Crippen LogP) is 6.25. The van der Waals surface area contributed by atoms with E-state index in [9.17, 15) is 18.0 Å². The van der Waals surface area contributed by atoms with Crippen molar-refractivity contribution in [3.05, 3.63) is 77.1 Å². The van der Waals surface area contributed by atoms with Crippen molar-refractivity contribution in [1.29, 1.82) is 0 Å². The molecule has 1 fully saturated rings. The number of thiocarbonyl (C=S) groups is 1. The molecule has 3 N–H and O–H groups in total. The van der Waals surface area contributed by atoms with Crippen LogP contribution in [0.5, 0.6) is 11.5 Å². The van der Waals surface area contributed by atoms with Crippen LogP contribution in [0.25, 0.3) is 0 Å². The fraction of sp³-hybridized carbons (Fsp3) is 0.174. The minimum atomic E-state index is -4.57. The Balaban J connectivity index is 1.35. The first-order valence-electron chi connectivity index (χ1n) is 10.2. The summed E-state index contributed by atoms with van der Waals surface area (Å²) in [7, 11) is 0. The lowest BCUT2D eigenvalue weighted by molar-refractivity contribution is -0.137. The van der Waals surface area contributed by atoms with E-state index in [2.05, 4.69) is 20.9 Å². The number of rotatable bonds is 6. The number of carbonyl (C=O) groups is 1. The standard InChI is InChI=1S/C23H18ClF3N4O2S/c24-19-8-5-15(11-18(19)23(25,26)27)31-22(34)30-14-3-6-16(7-4-14)33-17-9-10-28-20(12-17)21(32)29-13-1-2-13/h3-13H,1-2H2,(H,29,32)(H2,30,31,34). The molecule has 1 aliphatic rings. The fourth-order valence-corrected chi connectivity index (χ4v) is 3.40. The van der Waals surface area contributed by atoms with Gasteiger partial charge in [-0.05, 0) is 73.6 Å². The Kier molecular flexibility index (Phi) is 6.90. The Morgan fingerprint density at radius 3 is 2.35 bits per heavy atom. The number of nitrogens with one attached hydrogen (secondary N) is 3. The number of hydrogen-bond acceptors (Lipinski definition) is 4. The number of halogens is 4. The number of carbonyl (C=O) groups excluding carboxylic acids is 1. The van der Waals surface area contributed by atoms with Crippen molar-refractivity contribution in [3.63, 3.8) is 0 Å². The van der Waals surface area contributed by atoms with Gasteiger partial charge in [0.1, 0.15) is 17.2 Å². The summed E-state index contributed by atoms with van der Waals surface area (Å²) < 4.78 is 44.9. The van der Waals surface area contributed by atoms with Crippen LogP contribution in [0.4, 0.5) is 24.5 Å². The van der Waals surface area contributed by atoms with Gasteiger partial charge in [0.15, 0.2) is 5.11 Å². The third-order valence-electron chi connectivity index (χ3n) is 4.75. The number of alkyl halides is 3. The highest BCUT2D eigenvalue weighted by atomic mass is 35.5. The predicted molar refractivity (Wildman–Crippen MR) is 128 cm³/mol. The highest BCUT2D eigenvalue weighted by Gasteiger charge is 2.33. The van der Waals surface area contributed by atoms with Gasteiger partial charge in [0.2, 0.25) is 0 Å². The Morgan fingerprint density at radius 2 is 1.68 bits per heavy atom. The summed E-state index contributed by atoms with van der Waals surface area (Å²) >= 11 is 10.8. The number of pyridine rings is 1. The molecule has 0 atom stereocenters. The maximum absolute atomic E-state index is 13.0. The van der Waals surface area contributed by atoms with Crippen LogP contribution in [-0.2, 0) is 6.18 Å². The molecule has 6 nitrogen and oxygen atoms in total. The second-order valence-electron chi connectivity index (χ2n) is 7.52. The molecule has 1 amide bonds. The van der Waals surface area contributed by atoms with E-state index in [0.717, 1.165) is 25.0 Å². The van der Waals surface area contributed by atoms with Crippen LogP contribution in [0, 0.1) is 0 Å². The van der Waals surface area contributed by atoms with E-state index in [1.807, 2.05) is 0 Å². The third kappa shape index (κ3) is 6.36. The maximum atomic E-state index is 13.0. The second-order valence-corrected chi connectivity index (χ2v) is 8.34. The number of hydrogen-bond donors (Lipinski definition) is 3. The number of amides is 1. The van der Waals surface area contributed by atoms with Gasteiger partial charge in [0, 0.05) is 29.7 Å². The molecule has 1 aliphatic carbocycles. The van der Waals surface area contributed by atoms with Crippen molar-refractivity contribution in [2.75, 3.05) is 10.6 Å². The number of ether oxygens (including phenoxy) is 1. The normalized spacial score (nSPS) is 13.2. The third-order valence-corrected chi connectivity index (χ3v) is 5.29. The molecular weight excluding hydrogens is 489 g/mol. The molecule has 2 aromatic carbocycles.